The molecule has 1 rings (SSSR count). The first-order chi connectivity index (χ1) is 11.3. The Morgan fingerprint density at radius 1 is 1.04 bits per heavy atom. The Kier molecular flexibility index (Phi) is 8.47. The van der Waals surface area contributed by atoms with Gasteiger partial charge in [-0.15, -0.1) is 0 Å². The molecule has 5 heteroatoms. The summed E-state index contributed by atoms with van der Waals surface area (Å²) in [5.41, 5.74) is 1.02. The second-order valence-electron chi connectivity index (χ2n) is 7.04. The number of aryl methyl sites for hydroxylation is 1. The summed E-state index contributed by atoms with van der Waals surface area (Å²) >= 11 is 0. The summed E-state index contributed by atoms with van der Waals surface area (Å²) in [6, 6.07) is 10.2. The lowest BCUT2D eigenvalue weighted by Crippen LogP contribution is -2.47. The number of carbonyl (C=O) groups excluding carboxylic acids is 2. The molecule has 0 heterocycles. The van der Waals surface area contributed by atoms with Crippen LogP contribution < -0.4 is 10.6 Å². The van der Waals surface area contributed by atoms with Gasteiger partial charge in [0, 0.05) is 12.1 Å². The number of likely N-dealkylation sites (N-methyl/N-ethyl adjacent to an activating group) is 1. The molecule has 0 aliphatic rings. The molecule has 0 aliphatic heterocycles. The summed E-state index contributed by atoms with van der Waals surface area (Å²) < 4.78 is 0. The van der Waals surface area contributed by atoms with Crippen molar-refractivity contribution in [3.63, 3.8) is 0 Å². The highest BCUT2D eigenvalue weighted by Crippen LogP contribution is 2.01. The molecule has 0 unspecified atom stereocenters. The van der Waals surface area contributed by atoms with E-state index in [2.05, 4.69) is 22.8 Å². The van der Waals surface area contributed by atoms with E-state index in [1.165, 1.54) is 5.56 Å². The quantitative estimate of drug-likeness (QED) is 0.679. The predicted octanol–water partition coefficient (Wildman–Crippen LogP) is 1.97. The lowest BCUT2D eigenvalue weighted by Gasteiger charge is -2.24. The first kappa shape index (κ1) is 20.2. The minimum atomic E-state index is -0.254. The lowest BCUT2D eigenvalue weighted by molar-refractivity contribution is -0.125. The zero-order chi connectivity index (χ0) is 18.0. The van der Waals surface area contributed by atoms with Gasteiger partial charge in [-0.3, -0.25) is 14.5 Å². The topological polar surface area (TPSA) is 61.4 Å². The van der Waals surface area contributed by atoms with Crippen molar-refractivity contribution < 1.29 is 9.59 Å². The summed E-state index contributed by atoms with van der Waals surface area (Å²) in [5, 5.41) is 5.84. The van der Waals surface area contributed by atoms with Crippen LogP contribution in [0.1, 0.15) is 39.7 Å². The van der Waals surface area contributed by atoms with Crippen LogP contribution in [0.25, 0.3) is 0 Å². The smallest absolute Gasteiger partial charge is 0.234 e. The normalized spacial score (nSPS) is 11.4. The van der Waals surface area contributed by atoms with Gasteiger partial charge >= 0.3 is 0 Å². The lowest BCUT2D eigenvalue weighted by atomic mass is 10.1. The van der Waals surface area contributed by atoms with Crippen LogP contribution in [0.15, 0.2) is 30.3 Å². The van der Waals surface area contributed by atoms with Crippen LogP contribution in [0.2, 0.25) is 0 Å². The molecule has 0 saturated carbocycles. The van der Waals surface area contributed by atoms with Gasteiger partial charge in [0.15, 0.2) is 0 Å². The molecular weight excluding hydrogens is 302 g/mol. The van der Waals surface area contributed by atoms with Crippen molar-refractivity contribution in [3.8, 4) is 0 Å². The summed E-state index contributed by atoms with van der Waals surface area (Å²) in [6.45, 7) is 9.59. The molecule has 0 atom stereocenters. The number of carbonyl (C=O) groups is 2. The molecule has 0 fully saturated rings. The summed E-state index contributed by atoms with van der Waals surface area (Å²) in [7, 11) is 0. The average molecular weight is 333 g/mol. The van der Waals surface area contributed by atoms with Crippen molar-refractivity contribution in [2.45, 2.75) is 46.1 Å². The van der Waals surface area contributed by atoms with Crippen molar-refractivity contribution in [2.24, 2.45) is 0 Å². The van der Waals surface area contributed by atoms with E-state index >= 15 is 0 Å². The van der Waals surface area contributed by atoms with Gasteiger partial charge in [-0.2, -0.15) is 0 Å². The molecule has 5 nitrogen and oxygen atoms in total. The van der Waals surface area contributed by atoms with Gasteiger partial charge in [-0.25, -0.2) is 0 Å². The SMILES string of the molecule is CCN(CC(=O)NCCCc1ccccc1)CC(=O)NC(C)(C)C. The number of hydrogen-bond acceptors (Lipinski definition) is 3. The number of benzene rings is 1. The van der Waals surface area contributed by atoms with Crippen molar-refractivity contribution in [2.75, 3.05) is 26.2 Å². The van der Waals surface area contributed by atoms with Gasteiger partial charge in [0.1, 0.15) is 0 Å². The molecule has 0 aromatic heterocycles. The van der Waals surface area contributed by atoms with Crippen molar-refractivity contribution in [1.29, 1.82) is 0 Å². The molecule has 2 amide bonds. The van der Waals surface area contributed by atoms with E-state index in [-0.39, 0.29) is 30.4 Å². The number of nitrogens with zero attached hydrogens (tertiary/aromatic N) is 1. The maximum absolute atomic E-state index is 12.0. The average Bonchev–Trinajstić information content (AvgIpc) is 2.50. The maximum Gasteiger partial charge on any atom is 0.234 e. The zero-order valence-corrected chi connectivity index (χ0v) is 15.4. The molecule has 1 aromatic rings. The van der Waals surface area contributed by atoms with Gasteiger partial charge in [0.25, 0.3) is 0 Å². The number of rotatable bonds is 9. The van der Waals surface area contributed by atoms with Crippen LogP contribution in [0.4, 0.5) is 0 Å². The Labute approximate surface area is 145 Å². The molecule has 24 heavy (non-hydrogen) atoms. The highest BCUT2D eigenvalue weighted by molar-refractivity contribution is 5.81. The van der Waals surface area contributed by atoms with Crippen molar-refractivity contribution in [3.05, 3.63) is 35.9 Å². The summed E-state index contributed by atoms with van der Waals surface area (Å²) in [5.74, 6) is -0.0882. The standard InChI is InChI=1S/C19H31N3O2/c1-5-22(15-18(24)21-19(2,3)4)14-17(23)20-13-9-12-16-10-7-6-8-11-16/h6-8,10-11H,5,9,12-15H2,1-4H3,(H,20,23)(H,21,24). The van der Waals surface area contributed by atoms with Crippen molar-refractivity contribution >= 4 is 11.8 Å². The molecule has 1 aromatic carbocycles. The maximum atomic E-state index is 12.0. The third kappa shape index (κ3) is 9.30. The summed E-state index contributed by atoms with van der Waals surface area (Å²) in [4.78, 5) is 25.8. The van der Waals surface area contributed by atoms with Gasteiger partial charge < -0.3 is 10.6 Å². The number of hydrogen-bond donors (Lipinski definition) is 2. The third-order valence-corrected chi connectivity index (χ3v) is 3.50. The molecule has 0 aliphatic carbocycles. The highest BCUT2D eigenvalue weighted by atomic mass is 16.2. The van der Waals surface area contributed by atoms with Crippen LogP contribution in [-0.4, -0.2) is 48.4 Å². The molecule has 0 saturated heterocycles. The molecule has 134 valence electrons. The number of amides is 2. The van der Waals surface area contributed by atoms with E-state index in [1.54, 1.807) is 0 Å². The van der Waals surface area contributed by atoms with Gasteiger partial charge in [-0.1, -0.05) is 37.3 Å². The fourth-order valence-electron chi connectivity index (χ4n) is 2.36. The van der Waals surface area contributed by atoms with Crippen LogP contribution >= 0.6 is 0 Å². The number of nitrogens with one attached hydrogen (secondary N) is 2. The monoisotopic (exact) mass is 333 g/mol. The highest BCUT2D eigenvalue weighted by Gasteiger charge is 2.17. The Balaban J connectivity index is 2.25. The van der Waals surface area contributed by atoms with Gasteiger partial charge in [-0.05, 0) is 45.7 Å². The fourth-order valence-corrected chi connectivity index (χ4v) is 2.36. The van der Waals surface area contributed by atoms with Gasteiger partial charge in [0.2, 0.25) is 11.8 Å². The first-order valence-corrected chi connectivity index (χ1v) is 8.64. The van der Waals surface area contributed by atoms with Gasteiger partial charge in [0.05, 0.1) is 13.1 Å². The fraction of sp³-hybridized carbons (Fsp3) is 0.579. The molecule has 2 N–H and O–H groups in total. The molecule has 0 radical (unpaired) electrons. The second kappa shape index (κ2) is 10.1. The van der Waals surface area contributed by atoms with Crippen LogP contribution in [0.5, 0.6) is 0 Å². The Morgan fingerprint density at radius 3 is 2.25 bits per heavy atom. The van der Waals surface area contributed by atoms with E-state index in [9.17, 15) is 9.59 Å². The molecule has 0 bridgehead atoms. The molecule has 0 spiro atoms. The molecular formula is C19H31N3O2. The van der Waals surface area contributed by atoms with E-state index in [0.717, 1.165) is 12.8 Å². The zero-order valence-electron chi connectivity index (χ0n) is 15.4. The largest absolute Gasteiger partial charge is 0.355 e. The van der Waals surface area contributed by atoms with E-state index in [0.29, 0.717) is 13.1 Å². The Bertz CT molecular complexity index is 509. The van der Waals surface area contributed by atoms with Crippen LogP contribution in [0.3, 0.4) is 0 Å². The first-order valence-electron chi connectivity index (χ1n) is 8.64. The summed E-state index contributed by atoms with van der Waals surface area (Å²) in [6.07, 6.45) is 1.86. The van der Waals surface area contributed by atoms with Crippen molar-refractivity contribution in [1.82, 2.24) is 15.5 Å². The van der Waals surface area contributed by atoms with Crippen LogP contribution in [0, 0.1) is 0 Å². The Hall–Kier alpha value is -1.88. The predicted molar refractivity (Wildman–Crippen MR) is 97.8 cm³/mol. The van der Waals surface area contributed by atoms with E-state index < -0.39 is 0 Å². The second-order valence-corrected chi connectivity index (χ2v) is 7.04. The third-order valence-electron chi connectivity index (χ3n) is 3.50. The van der Waals surface area contributed by atoms with E-state index in [1.807, 2.05) is 50.8 Å². The van der Waals surface area contributed by atoms with Crippen LogP contribution in [-0.2, 0) is 16.0 Å². The Morgan fingerprint density at radius 2 is 1.67 bits per heavy atom. The minimum absolute atomic E-state index is 0.0338. The van der Waals surface area contributed by atoms with E-state index in [4.69, 9.17) is 0 Å². The minimum Gasteiger partial charge on any atom is -0.355 e.